The first-order valence-electron chi connectivity index (χ1n) is 7.61. The van der Waals surface area contributed by atoms with Crippen molar-refractivity contribution >= 4 is 36.3 Å². The smallest absolute Gasteiger partial charge is 0.416 e. The molecule has 1 heterocycles. The number of amides is 1. The maximum atomic E-state index is 12.8. The van der Waals surface area contributed by atoms with Crippen LogP contribution >= 0.6 is 24.4 Å². The number of alkyl halides is 3. The van der Waals surface area contributed by atoms with Gasteiger partial charge < -0.3 is 10.0 Å². The maximum Gasteiger partial charge on any atom is 0.416 e. The van der Waals surface area contributed by atoms with Gasteiger partial charge in [-0.2, -0.15) is 25.8 Å². The third-order valence-electron chi connectivity index (χ3n) is 3.99. The van der Waals surface area contributed by atoms with Gasteiger partial charge in [0.2, 0.25) is 5.91 Å². The van der Waals surface area contributed by atoms with Gasteiger partial charge in [-0.3, -0.25) is 4.79 Å². The summed E-state index contributed by atoms with van der Waals surface area (Å²) in [6.45, 7) is 1.86. The van der Waals surface area contributed by atoms with Crippen molar-refractivity contribution in [3.05, 3.63) is 29.8 Å². The van der Waals surface area contributed by atoms with Crippen LogP contribution in [0.5, 0.6) is 0 Å². The second-order valence-electron chi connectivity index (χ2n) is 5.93. The van der Waals surface area contributed by atoms with E-state index in [-0.39, 0.29) is 24.1 Å². The summed E-state index contributed by atoms with van der Waals surface area (Å²) < 4.78 is 38.4. The zero-order valence-electron chi connectivity index (χ0n) is 13.4. The summed E-state index contributed by atoms with van der Waals surface area (Å²) in [6.07, 6.45) is -4.23. The summed E-state index contributed by atoms with van der Waals surface area (Å²) in [7, 11) is 0. The highest BCUT2D eigenvalue weighted by Crippen LogP contribution is 2.37. The molecule has 25 heavy (non-hydrogen) atoms. The number of halogens is 3. The molecule has 0 saturated carbocycles. The molecule has 0 aromatic heterocycles. The van der Waals surface area contributed by atoms with Crippen molar-refractivity contribution in [2.45, 2.75) is 35.7 Å². The molecule has 2 rings (SSSR count). The van der Waals surface area contributed by atoms with E-state index in [9.17, 15) is 27.9 Å². The summed E-state index contributed by atoms with van der Waals surface area (Å²) in [4.78, 5) is 25.5. The minimum Gasteiger partial charge on any atom is -0.480 e. The molecule has 1 aromatic carbocycles. The summed E-state index contributed by atoms with van der Waals surface area (Å²) in [5.74, 6) is -1.52. The number of hydrogen-bond donors (Lipinski definition) is 2. The average molecular weight is 393 g/mol. The number of nitrogens with zero attached hydrogens (tertiary/aromatic N) is 1. The third kappa shape index (κ3) is 4.84. The van der Waals surface area contributed by atoms with Gasteiger partial charge in [0.1, 0.15) is 6.04 Å². The number of carboxylic acid groups (broad SMARTS) is 1. The molecule has 0 aliphatic carbocycles. The van der Waals surface area contributed by atoms with Crippen molar-refractivity contribution in [3.8, 4) is 0 Å². The van der Waals surface area contributed by atoms with E-state index in [0.29, 0.717) is 10.6 Å². The molecule has 1 N–H and O–H groups in total. The maximum absolute atomic E-state index is 12.8. The van der Waals surface area contributed by atoms with Gasteiger partial charge in [-0.05, 0) is 24.6 Å². The SMILES string of the molecule is CC(CS)C(=O)N1C[C@@H](Sc2cccc(C(F)(F)F)c2)C[C@H]1C(=O)O. The summed E-state index contributed by atoms with van der Waals surface area (Å²) in [5.41, 5.74) is -0.748. The van der Waals surface area contributed by atoms with Crippen LogP contribution in [-0.4, -0.2) is 45.5 Å². The van der Waals surface area contributed by atoms with Crippen LogP contribution in [0.15, 0.2) is 29.2 Å². The lowest BCUT2D eigenvalue weighted by Crippen LogP contribution is -2.43. The Hall–Kier alpha value is -1.35. The number of hydrogen-bond acceptors (Lipinski definition) is 4. The van der Waals surface area contributed by atoms with Crippen molar-refractivity contribution < 1.29 is 27.9 Å². The van der Waals surface area contributed by atoms with E-state index in [1.807, 2.05) is 0 Å². The summed E-state index contributed by atoms with van der Waals surface area (Å²) in [5, 5.41) is 9.07. The average Bonchev–Trinajstić information content (AvgIpc) is 2.97. The number of rotatable bonds is 5. The molecule has 1 aliphatic rings. The Bertz CT molecular complexity index is 654. The molecule has 1 fully saturated rings. The van der Waals surface area contributed by atoms with Crippen molar-refractivity contribution in [2.24, 2.45) is 5.92 Å². The van der Waals surface area contributed by atoms with Crippen LogP contribution in [0.2, 0.25) is 0 Å². The third-order valence-corrected chi connectivity index (χ3v) is 5.74. The minimum atomic E-state index is -4.43. The Balaban J connectivity index is 2.14. The van der Waals surface area contributed by atoms with Crippen molar-refractivity contribution in [3.63, 3.8) is 0 Å². The molecule has 9 heteroatoms. The Morgan fingerprint density at radius 2 is 2.12 bits per heavy atom. The van der Waals surface area contributed by atoms with E-state index in [1.54, 1.807) is 13.0 Å². The van der Waals surface area contributed by atoms with Crippen LogP contribution in [0, 0.1) is 5.92 Å². The number of thioether (sulfide) groups is 1. The number of benzene rings is 1. The lowest BCUT2D eigenvalue weighted by atomic mass is 10.1. The standard InChI is InChI=1S/C16H18F3NO3S2/c1-9(8-24)14(21)20-7-12(6-13(20)15(22)23)25-11-4-2-3-10(5-11)16(17,18)19/h2-5,9,12-13,24H,6-8H2,1H3,(H,22,23)/t9?,12-,13-/m0/s1. The highest BCUT2D eigenvalue weighted by molar-refractivity contribution is 8.00. The number of carboxylic acids is 1. The molecule has 138 valence electrons. The Morgan fingerprint density at radius 1 is 1.44 bits per heavy atom. The van der Waals surface area contributed by atoms with Gasteiger partial charge in [0.05, 0.1) is 5.56 Å². The molecule has 0 bridgehead atoms. The van der Waals surface area contributed by atoms with Gasteiger partial charge in [0.25, 0.3) is 0 Å². The largest absolute Gasteiger partial charge is 0.480 e. The molecular formula is C16H18F3NO3S2. The first-order valence-corrected chi connectivity index (χ1v) is 9.12. The number of carbonyl (C=O) groups excluding carboxylic acids is 1. The zero-order chi connectivity index (χ0) is 18.8. The van der Waals surface area contributed by atoms with Gasteiger partial charge in [0, 0.05) is 28.4 Å². The molecule has 1 unspecified atom stereocenters. The fourth-order valence-electron chi connectivity index (χ4n) is 2.66. The van der Waals surface area contributed by atoms with Gasteiger partial charge in [-0.25, -0.2) is 4.79 Å². The molecule has 4 nitrogen and oxygen atoms in total. The van der Waals surface area contributed by atoms with E-state index >= 15 is 0 Å². The lowest BCUT2D eigenvalue weighted by molar-refractivity contribution is -0.149. The van der Waals surface area contributed by atoms with E-state index in [0.717, 1.165) is 12.1 Å². The number of aliphatic carboxylic acids is 1. The minimum absolute atomic E-state index is 0.189. The highest BCUT2D eigenvalue weighted by Gasteiger charge is 2.41. The van der Waals surface area contributed by atoms with Crippen LogP contribution in [0.1, 0.15) is 18.9 Å². The van der Waals surface area contributed by atoms with E-state index in [4.69, 9.17) is 0 Å². The van der Waals surface area contributed by atoms with Crippen molar-refractivity contribution in [2.75, 3.05) is 12.3 Å². The van der Waals surface area contributed by atoms with Gasteiger partial charge >= 0.3 is 12.1 Å². The highest BCUT2D eigenvalue weighted by atomic mass is 32.2. The van der Waals surface area contributed by atoms with Gasteiger partial charge in [-0.15, -0.1) is 11.8 Å². The monoisotopic (exact) mass is 393 g/mol. The molecular weight excluding hydrogens is 375 g/mol. The number of thiol groups is 1. The molecule has 1 saturated heterocycles. The second kappa shape index (κ2) is 7.90. The van der Waals surface area contributed by atoms with Crippen LogP contribution in [0.3, 0.4) is 0 Å². The fourth-order valence-corrected chi connectivity index (χ4v) is 4.07. The first kappa shape index (κ1) is 20.0. The topological polar surface area (TPSA) is 57.6 Å². The predicted octanol–water partition coefficient (Wildman–Crippen LogP) is 3.42. The van der Waals surface area contributed by atoms with Crippen LogP contribution in [-0.2, 0) is 15.8 Å². The quantitative estimate of drug-likeness (QED) is 0.753. The molecule has 1 aliphatic heterocycles. The number of likely N-dealkylation sites (tertiary alicyclic amines) is 1. The lowest BCUT2D eigenvalue weighted by Gasteiger charge is -2.24. The summed E-state index contributed by atoms with van der Waals surface area (Å²) in [6, 6.07) is 3.94. The predicted molar refractivity (Wildman–Crippen MR) is 91.9 cm³/mol. The summed E-state index contributed by atoms with van der Waals surface area (Å²) >= 11 is 5.23. The Kier molecular flexibility index (Phi) is 6.31. The molecule has 0 spiro atoms. The second-order valence-corrected chi connectivity index (χ2v) is 7.67. The molecule has 3 atom stereocenters. The molecule has 0 radical (unpaired) electrons. The molecule has 1 aromatic rings. The van der Waals surface area contributed by atoms with Crippen molar-refractivity contribution in [1.82, 2.24) is 4.90 Å². The first-order chi connectivity index (χ1) is 11.6. The van der Waals surface area contributed by atoms with E-state index in [1.165, 1.54) is 22.7 Å². The normalized spacial score (nSPS) is 22.0. The molecule has 1 amide bonds. The number of carbonyl (C=O) groups is 2. The van der Waals surface area contributed by atoms with E-state index < -0.39 is 29.7 Å². The Labute approximate surface area is 153 Å². The fraction of sp³-hybridized carbons (Fsp3) is 0.500. The van der Waals surface area contributed by atoms with Crippen LogP contribution < -0.4 is 0 Å². The van der Waals surface area contributed by atoms with E-state index in [2.05, 4.69) is 12.6 Å². The van der Waals surface area contributed by atoms with Gasteiger partial charge in [0.15, 0.2) is 0 Å². The van der Waals surface area contributed by atoms with Crippen LogP contribution in [0.25, 0.3) is 0 Å². The Morgan fingerprint density at radius 3 is 2.68 bits per heavy atom. The zero-order valence-corrected chi connectivity index (χ0v) is 15.1. The van der Waals surface area contributed by atoms with Gasteiger partial charge in [-0.1, -0.05) is 13.0 Å². The van der Waals surface area contributed by atoms with Crippen LogP contribution in [0.4, 0.5) is 13.2 Å². The van der Waals surface area contributed by atoms with Crippen molar-refractivity contribution in [1.29, 1.82) is 0 Å².